The van der Waals surface area contributed by atoms with Gasteiger partial charge in [-0.15, -0.1) is 0 Å². The average Bonchev–Trinajstić information content (AvgIpc) is 2.66. The zero-order chi connectivity index (χ0) is 10.6. The van der Waals surface area contributed by atoms with E-state index in [0.29, 0.717) is 18.3 Å². The normalized spacial score (nSPS) is 15.4. The van der Waals surface area contributed by atoms with Gasteiger partial charge in [0.25, 0.3) is 5.89 Å². The molecule has 0 saturated carbocycles. The van der Waals surface area contributed by atoms with Gasteiger partial charge in [-0.1, -0.05) is 12.1 Å². The third-order valence-corrected chi connectivity index (χ3v) is 2.38. The van der Waals surface area contributed by atoms with E-state index >= 15 is 0 Å². The lowest BCUT2D eigenvalue weighted by Crippen LogP contribution is -2.23. The number of nitrogens with one attached hydrogen (secondary N) is 1. The van der Waals surface area contributed by atoms with Gasteiger partial charge in [0.15, 0.2) is 5.82 Å². The molecule has 0 amide bonds. The van der Waals surface area contributed by atoms with E-state index in [1.165, 1.54) is 0 Å². The van der Waals surface area contributed by atoms with E-state index in [1.54, 1.807) is 7.11 Å². The monoisotopic (exact) mass is 199 g/mol. The topological polar surface area (TPSA) is 60.2 Å². The van der Waals surface area contributed by atoms with Crippen LogP contribution in [0.2, 0.25) is 0 Å². The average molecular weight is 199 g/mol. The van der Waals surface area contributed by atoms with Crippen LogP contribution in [-0.2, 0) is 16.9 Å². The van der Waals surface area contributed by atoms with Crippen LogP contribution < -0.4 is 5.32 Å². The summed E-state index contributed by atoms with van der Waals surface area (Å²) >= 11 is 0. The van der Waals surface area contributed by atoms with E-state index in [4.69, 9.17) is 9.26 Å². The molecule has 0 radical (unpaired) electrons. The maximum Gasteiger partial charge on any atom is 0.258 e. The molecule has 0 spiro atoms. The SMILES string of the molecule is CCC(C)(OC)c1nc(CNC)no1. The largest absolute Gasteiger partial charge is 0.369 e. The molecule has 0 saturated heterocycles. The molecule has 1 atom stereocenters. The van der Waals surface area contributed by atoms with E-state index in [1.807, 2.05) is 20.9 Å². The molecule has 1 N–H and O–H groups in total. The molecule has 1 aromatic rings. The Morgan fingerprint density at radius 3 is 2.79 bits per heavy atom. The molecule has 0 fully saturated rings. The Labute approximate surface area is 83.8 Å². The van der Waals surface area contributed by atoms with Gasteiger partial charge in [-0.2, -0.15) is 4.98 Å². The standard InChI is InChI=1S/C9H17N3O2/c1-5-9(2,13-4)8-11-7(6-10-3)12-14-8/h10H,5-6H2,1-4H3. The van der Waals surface area contributed by atoms with Gasteiger partial charge < -0.3 is 14.6 Å². The second kappa shape index (κ2) is 4.52. The molecule has 5 heteroatoms. The zero-order valence-corrected chi connectivity index (χ0v) is 9.13. The van der Waals surface area contributed by atoms with Crippen LogP contribution in [-0.4, -0.2) is 24.3 Å². The highest BCUT2D eigenvalue weighted by molar-refractivity contribution is 4.97. The van der Waals surface area contributed by atoms with Crippen LogP contribution in [0.4, 0.5) is 0 Å². The van der Waals surface area contributed by atoms with Crippen molar-refractivity contribution in [2.24, 2.45) is 0 Å². The first-order chi connectivity index (χ1) is 6.66. The molecule has 1 heterocycles. The molecule has 0 bridgehead atoms. The predicted molar refractivity (Wildman–Crippen MR) is 51.7 cm³/mol. The van der Waals surface area contributed by atoms with Gasteiger partial charge in [0.1, 0.15) is 5.60 Å². The van der Waals surface area contributed by atoms with Crippen molar-refractivity contribution >= 4 is 0 Å². The lowest BCUT2D eigenvalue weighted by molar-refractivity contribution is -0.0272. The fourth-order valence-corrected chi connectivity index (χ4v) is 1.08. The van der Waals surface area contributed by atoms with Crippen LogP contribution >= 0.6 is 0 Å². The summed E-state index contributed by atoms with van der Waals surface area (Å²) in [6.45, 7) is 4.56. The third kappa shape index (κ3) is 2.10. The maximum atomic E-state index is 5.35. The van der Waals surface area contributed by atoms with Gasteiger partial charge in [0.2, 0.25) is 0 Å². The molecule has 0 aliphatic carbocycles. The molecule has 80 valence electrons. The van der Waals surface area contributed by atoms with Crippen molar-refractivity contribution in [3.05, 3.63) is 11.7 Å². The molecular weight excluding hydrogens is 182 g/mol. The number of ether oxygens (including phenoxy) is 1. The molecule has 1 unspecified atom stereocenters. The fourth-order valence-electron chi connectivity index (χ4n) is 1.08. The molecular formula is C9H17N3O2. The summed E-state index contributed by atoms with van der Waals surface area (Å²) < 4.78 is 10.5. The summed E-state index contributed by atoms with van der Waals surface area (Å²) in [4.78, 5) is 4.25. The number of hydrogen-bond donors (Lipinski definition) is 1. The number of nitrogens with zero attached hydrogens (tertiary/aromatic N) is 2. The molecule has 5 nitrogen and oxygen atoms in total. The summed E-state index contributed by atoms with van der Waals surface area (Å²) in [6.07, 6.45) is 0.796. The van der Waals surface area contributed by atoms with Crippen LogP contribution in [0.5, 0.6) is 0 Å². The van der Waals surface area contributed by atoms with Gasteiger partial charge in [-0.25, -0.2) is 0 Å². The summed E-state index contributed by atoms with van der Waals surface area (Å²) in [5, 5.41) is 6.80. The Morgan fingerprint density at radius 1 is 1.57 bits per heavy atom. The molecule has 1 aromatic heterocycles. The number of hydrogen-bond acceptors (Lipinski definition) is 5. The van der Waals surface area contributed by atoms with E-state index in [-0.39, 0.29) is 0 Å². The van der Waals surface area contributed by atoms with Crippen molar-refractivity contribution in [1.29, 1.82) is 0 Å². The summed E-state index contributed by atoms with van der Waals surface area (Å²) in [6, 6.07) is 0. The van der Waals surface area contributed by atoms with Gasteiger partial charge in [-0.3, -0.25) is 0 Å². The maximum absolute atomic E-state index is 5.35. The first-order valence-electron chi connectivity index (χ1n) is 4.69. The Morgan fingerprint density at radius 2 is 2.29 bits per heavy atom. The Kier molecular flexibility index (Phi) is 3.60. The summed E-state index contributed by atoms with van der Waals surface area (Å²) in [7, 11) is 3.48. The minimum atomic E-state index is -0.473. The first-order valence-corrected chi connectivity index (χ1v) is 4.69. The number of aromatic nitrogens is 2. The fraction of sp³-hybridized carbons (Fsp3) is 0.778. The van der Waals surface area contributed by atoms with Gasteiger partial charge in [0.05, 0.1) is 6.54 Å². The highest BCUT2D eigenvalue weighted by Crippen LogP contribution is 2.26. The van der Waals surface area contributed by atoms with Crippen molar-refractivity contribution in [3.8, 4) is 0 Å². The zero-order valence-electron chi connectivity index (χ0n) is 9.13. The highest BCUT2D eigenvalue weighted by atomic mass is 16.5. The lowest BCUT2D eigenvalue weighted by atomic mass is 10.0. The van der Waals surface area contributed by atoms with Crippen LogP contribution in [0.1, 0.15) is 32.0 Å². The smallest absolute Gasteiger partial charge is 0.258 e. The second-order valence-electron chi connectivity index (χ2n) is 3.33. The quantitative estimate of drug-likeness (QED) is 0.768. The van der Waals surface area contributed by atoms with E-state index in [0.717, 1.165) is 6.42 Å². The minimum Gasteiger partial charge on any atom is -0.369 e. The van der Waals surface area contributed by atoms with Crippen LogP contribution in [0.3, 0.4) is 0 Å². The molecule has 1 rings (SSSR count). The molecule has 14 heavy (non-hydrogen) atoms. The van der Waals surface area contributed by atoms with Gasteiger partial charge in [0, 0.05) is 7.11 Å². The summed E-state index contributed by atoms with van der Waals surface area (Å²) in [5.41, 5.74) is -0.473. The minimum absolute atomic E-state index is 0.473. The summed E-state index contributed by atoms with van der Waals surface area (Å²) in [5.74, 6) is 1.19. The van der Waals surface area contributed by atoms with Gasteiger partial charge in [-0.05, 0) is 20.4 Å². The van der Waals surface area contributed by atoms with Gasteiger partial charge >= 0.3 is 0 Å². The van der Waals surface area contributed by atoms with Crippen LogP contribution in [0.15, 0.2) is 4.52 Å². The van der Waals surface area contributed by atoms with E-state index in [9.17, 15) is 0 Å². The lowest BCUT2D eigenvalue weighted by Gasteiger charge is -2.21. The predicted octanol–water partition coefficient (Wildman–Crippen LogP) is 1.06. The Hall–Kier alpha value is -0.940. The van der Waals surface area contributed by atoms with E-state index in [2.05, 4.69) is 15.5 Å². The number of methoxy groups -OCH3 is 1. The number of rotatable bonds is 5. The highest BCUT2D eigenvalue weighted by Gasteiger charge is 2.30. The third-order valence-electron chi connectivity index (χ3n) is 2.38. The van der Waals surface area contributed by atoms with Crippen LogP contribution in [0, 0.1) is 0 Å². The van der Waals surface area contributed by atoms with Crippen molar-refractivity contribution in [3.63, 3.8) is 0 Å². The Balaban J connectivity index is 2.84. The van der Waals surface area contributed by atoms with E-state index < -0.39 is 5.60 Å². The Bertz CT molecular complexity index is 281. The second-order valence-corrected chi connectivity index (χ2v) is 3.33. The molecule has 0 aliphatic rings. The van der Waals surface area contributed by atoms with Crippen molar-refractivity contribution in [2.75, 3.05) is 14.2 Å². The van der Waals surface area contributed by atoms with Crippen molar-refractivity contribution in [2.45, 2.75) is 32.4 Å². The molecule has 0 aromatic carbocycles. The van der Waals surface area contributed by atoms with Crippen LogP contribution in [0.25, 0.3) is 0 Å². The van der Waals surface area contributed by atoms with Crippen molar-refractivity contribution in [1.82, 2.24) is 15.5 Å². The van der Waals surface area contributed by atoms with Crippen molar-refractivity contribution < 1.29 is 9.26 Å². The first kappa shape index (κ1) is 11.1. The molecule has 0 aliphatic heterocycles.